The van der Waals surface area contributed by atoms with Crippen LogP contribution in [0.1, 0.15) is 0 Å². The second-order valence-corrected chi connectivity index (χ2v) is 2.47. The number of hydrogen-bond acceptors (Lipinski definition) is 3. The van der Waals surface area contributed by atoms with Gasteiger partial charge in [-0.15, -0.1) is 0 Å². The van der Waals surface area contributed by atoms with Crippen LogP contribution in [0, 0.1) is 0 Å². The number of anilines is 2. The summed E-state index contributed by atoms with van der Waals surface area (Å²) in [6, 6.07) is 0. The van der Waals surface area contributed by atoms with Crippen molar-refractivity contribution >= 4 is 11.6 Å². The number of aromatic amines is 1. The van der Waals surface area contributed by atoms with Crippen LogP contribution < -0.4 is 5.32 Å². The van der Waals surface area contributed by atoms with Crippen molar-refractivity contribution in [1.82, 2.24) is 19.7 Å². The fourth-order valence-electron chi connectivity index (χ4n) is 0.956. The number of aryl methyl sites for hydroxylation is 1. The van der Waals surface area contributed by atoms with E-state index in [2.05, 4.69) is 20.4 Å². The minimum absolute atomic E-state index is 0.725. The molecule has 2 heterocycles. The fourth-order valence-corrected chi connectivity index (χ4v) is 0.956. The van der Waals surface area contributed by atoms with E-state index in [1.807, 2.05) is 13.2 Å². The van der Waals surface area contributed by atoms with Crippen molar-refractivity contribution in [1.29, 1.82) is 0 Å². The predicted molar refractivity (Wildman–Crippen MR) is 45.1 cm³/mol. The molecule has 0 saturated carbocycles. The second-order valence-electron chi connectivity index (χ2n) is 2.47. The molecule has 5 heteroatoms. The van der Waals surface area contributed by atoms with E-state index in [0.29, 0.717) is 0 Å². The highest BCUT2D eigenvalue weighted by Crippen LogP contribution is 2.09. The molecule has 0 spiro atoms. The Morgan fingerprint density at radius 3 is 3.08 bits per heavy atom. The molecule has 12 heavy (non-hydrogen) atoms. The van der Waals surface area contributed by atoms with E-state index in [1.54, 1.807) is 23.3 Å². The molecule has 0 aliphatic heterocycles. The van der Waals surface area contributed by atoms with Gasteiger partial charge in [-0.25, -0.2) is 4.98 Å². The molecule has 0 atom stereocenters. The van der Waals surface area contributed by atoms with Crippen LogP contribution in [-0.4, -0.2) is 19.7 Å². The van der Waals surface area contributed by atoms with Gasteiger partial charge in [0.1, 0.15) is 0 Å². The molecule has 0 radical (unpaired) electrons. The number of hydrogen-bond donors (Lipinski definition) is 2. The number of nitrogens with one attached hydrogen (secondary N) is 2. The van der Waals surface area contributed by atoms with Crippen molar-refractivity contribution in [2.24, 2.45) is 7.05 Å². The van der Waals surface area contributed by atoms with Gasteiger partial charge in [0.2, 0.25) is 5.95 Å². The lowest BCUT2D eigenvalue weighted by molar-refractivity contribution is 0.768. The molecule has 0 amide bonds. The smallest absolute Gasteiger partial charge is 0.204 e. The molecule has 0 aromatic carbocycles. The summed E-state index contributed by atoms with van der Waals surface area (Å²) in [6.45, 7) is 0. The van der Waals surface area contributed by atoms with E-state index in [-0.39, 0.29) is 0 Å². The van der Waals surface area contributed by atoms with Crippen LogP contribution in [0.2, 0.25) is 0 Å². The highest BCUT2D eigenvalue weighted by atomic mass is 15.3. The molecule has 0 bridgehead atoms. The molecular weight excluding hydrogens is 154 g/mol. The average molecular weight is 163 g/mol. The quantitative estimate of drug-likeness (QED) is 0.691. The summed E-state index contributed by atoms with van der Waals surface area (Å²) in [7, 11) is 1.87. The van der Waals surface area contributed by atoms with Crippen LogP contribution in [0.4, 0.5) is 11.6 Å². The number of nitrogens with zero attached hydrogens (tertiary/aromatic N) is 3. The molecular formula is C7H9N5. The van der Waals surface area contributed by atoms with Gasteiger partial charge in [0.15, 0.2) is 0 Å². The molecule has 0 unspecified atom stereocenters. The average Bonchev–Trinajstić information content (AvgIpc) is 2.63. The molecule has 2 aromatic rings. The third kappa shape index (κ3) is 1.29. The van der Waals surface area contributed by atoms with E-state index in [1.165, 1.54) is 0 Å². The Morgan fingerprint density at radius 1 is 1.58 bits per heavy atom. The topological polar surface area (TPSA) is 58.5 Å². The van der Waals surface area contributed by atoms with Crippen molar-refractivity contribution in [2.75, 3.05) is 5.32 Å². The Kier molecular flexibility index (Phi) is 1.55. The minimum Gasteiger partial charge on any atom is -0.331 e. The first-order valence-electron chi connectivity index (χ1n) is 3.59. The largest absolute Gasteiger partial charge is 0.331 e. The van der Waals surface area contributed by atoms with Gasteiger partial charge in [-0.3, -0.25) is 4.68 Å². The van der Waals surface area contributed by atoms with Gasteiger partial charge in [0.05, 0.1) is 11.9 Å². The first kappa shape index (κ1) is 6.90. The zero-order chi connectivity index (χ0) is 8.39. The van der Waals surface area contributed by atoms with Gasteiger partial charge >= 0.3 is 0 Å². The second kappa shape index (κ2) is 2.69. The molecule has 5 nitrogen and oxygen atoms in total. The van der Waals surface area contributed by atoms with Crippen LogP contribution in [0.15, 0.2) is 24.8 Å². The van der Waals surface area contributed by atoms with Crippen molar-refractivity contribution in [3.05, 3.63) is 24.8 Å². The highest BCUT2D eigenvalue weighted by molar-refractivity contribution is 5.49. The summed E-state index contributed by atoms with van der Waals surface area (Å²) in [4.78, 5) is 6.95. The maximum Gasteiger partial charge on any atom is 0.204 e. The maximum absolute atomic E-state index is 4.02. The van der Waals surface area contributed by atoms with Crippen molar-refractivity contribution in [2.45, 2.75) is 0 Å². The Labute approximate surface area is 69.4 Å². The Hall–Kier alpha value is -1.78. The molecule has 0 fully saturated rings. The molecule has 62 valence electrons. The summed E-state index contributed by atoms with van der Waals surface area (Å²) in [5, 5.41) is 7.06. The Balaban J connectivity index is 2.14. The maximum atomic E-state index is 4.02. The van der Waals surface area contributed by atoms with Crippen LogP contribution in [0.3, 0.4) is 0 Å². The van der Waals surface area contributed by atoms with Gasteiger partial charge in [-0.1, -0.05) is 0 Å². The summed E-state index contributed by atoms with van der Waals surface area (Å²) in [5.41, 5.74) is 0.924. The van der Waals surface area contributed by atoms with E-state index in [0.717, 1.165) is 11.6 Å². The van der Waals surface area contributed by atoms with Crippen LogP contribution in [-0.2, 0) is 7.05 Å². The normalized spacial score (nSPS) is 10.1. The van der Waals surface area contributed by atoms with Gasteiger partial charge in [0.25, 0.3) is 0 Å². The number of aromatic nitrogens is 4. The van der Waals surface area contributed by atoms with Crippen LogP contribution in [0.5, 0.6) is 0 Å². The zero-order valence-electron chi connectivity index (χ0n) is 6.65. The lowest BCUT2D eigenvalue weighted by atomic mass is 10.6. The van der Waals surface area contributed by atoms with Gasteiger partial charge in [-0.05, 0) is 0 Å². The van der Waals surface area contributed by atoms with E-state index >= 15 is 0 Å². The number of rotatable bonds is 2. The summed E-state index contributed by atoms with van der Waals surface area (Å²) < 4.78 is 1.73. The first-order chi connectivity index (χ1) is 5.84. The van der Waals surface area contributed by atoms with E-state index < -0.39 is 0 Å². The summed E-state index contributed by atoms with van der Waals surface area (Å²) in [5.74, 6) is 0.725. The zero-order valence-corrected chi connectivity index (χ0v) is 6.65. The minimum atomic E-state index is 0.725. The van der Waals surface area contributed by atoms with Gasteiger partial charge < -0.3 is 10.3 Å². The molecule has 2 rings (SSSR count). The third-order valence-electron chi connectivity index (χ3n) is 1.47. The molecule has 0 aliphatic carbocycles. The highest BCUT2D eigenvalue weighted by Gasteiger charge is 1.96. The number of H-pyrrole nitrogens is 1. The first-order valence-corrected chi connectivity index (χ1v) is 3.59. The Morgan fingerprint density at radius 2 is 2.50 bits per heavy atom. The van der Waals surface area contributed by atoms with Crippen LogP contribution in [0.25, 0.3) is 0 Å². The van der Waals surface area contributed by atoms with E-state index in [4.69, 9.17) is 0 Å². The standard InChI is InChI=1S/C7H9N5/c1-12-5-6(4-10-12)11-7-8-2-3-9-7/h2-5H,1H3,(H2,8,9,11). The van der Waals surface area contributed by atoms with Crippen molar-refractivity contribution in [3.8, 4) is 0 Å². The van der Waals surface area contributed by atoms with Gasteiger partial charge in [0, 0.05) is 25.6 Å². The number of imidazole rings is 1. The summed E-state index contributed by atoms with van der Waals surface area (Å²) >= 11 is 0. The monoisotopic (exact) mass is 163 g/mol. The lowest BCUT2D eigenvalue weighted by Gasteiger charge is -1.95. The van der Waals surface area contributed by atoms with Gasteiger partial charge in [-0.2, -0.15) is 5.10 Å². The molecule has 0 saturated heterocycles. The SMILES string of the molecule is Cn1cc(Nc2ncc[nH]2)cn1. The molecule has 2 aromatic heterocycles. The lowest BCUT2D eigenvalue weighted by Crippen LogP contribution is -1.90. The molecule has 2 N–H and O–H groups in total. The third-order valence-corrected chi connectivity index (χ3v) is 1.47. The van der Waals surface area contributed by atoms with Crippen molar-refractivity contribution in [3.63, 3.8) is 0 Å². The van der Waals surface area contributed by atoms with Crippen LogP contribution >= 0.6 is 0 Å². The molecule has 0 aliphatic rings. The van der Waals surface area contributed by atoms with Crippen molar-refractivity contribution < 1.29 is 0 Å². The predicted octanol–water partition coefficient (Wildman–Crippen LogP) is 0.887. The fraction of sp³-hybridized carbons (Fsp3) is 0.143. The summed E-state index contributed by atoms with van der Waals surface area (Å²) in [6.07, 6.45) is 7.07. The Bertz CT molecular complexity index is 348. The van der Waals surface area contributed by atoms with E-state index in [9.17, 15) is 0 Å².